The fraction of sp³-hybridized carbons (Fsp3) is 0. The van der Waals surface area contributed by atoms with E-state index in [1.165, 1.54) is 12.1 Å². The third-order valence-corrected chi connectivity index (χ3v) is 2.17. The fourth-order valence-electron chi connectivity index (χ4n) is 1.44. The normalized spacial score (nSPS) is 11.1. The van der Waals surface area contributed by atoms with Crippen LogP contribution in [-0.4, -0.2) is 22.2 Å². The summed E-state index contributed by atoms with van der Waals surface area (Å²) in [6.07, 6.45) is 2.44. The SMILES string of the molecule is O=C(O)C=Cc1ccc2oc(C(=O)O)cc2c1. The average Bonchev–Trinajstić information content (AvgIpc) is 2.69. The number of carboxylic acid groups (broad SMARTS) is 2. The summed E-state index contributed by atoms with van der Waals surface area (Å²) < 4.78 is 5.07. The van der Waals surface area contributed by atoms with Crippen molar-refractivity contribution < 1.29 is 24.2 Å². The summed E-state index contributed by atoms with van der Waals surface area (Å²) in [5, 5.41) is 17.8. The molecule has 5 nitrogen and oxygen atoms in total. The summed E-state index contributed by atoms with van der Waals surface area (Å²) in [4.78, 5) is 21.0. The highest BCUT2D eigenvalue weighted by Crippen LogP contribution is 2.21. The van der Waals surface area contributed by atoms with Gasteiger partial charge >= 0.3 is 11.9 Å². The summed E-state index contributed by atoms with van der Waals surface area (Å²) in [6.45, 7) is 0. The highest BCUT2D eigenvalue weighted by molar-refractivity contribution is 5.92. The first-order valence-electron chi connectivity index (χ1n) is 4.74. The highest BCUT2D eigenvalue weighted by Gasteiger charge is 2.09. The molecule has 1 heterocycles. The molecule has 0 aliphatic carbocycles. The lowest BCUT2D eigenvalue weighted by Crippen LogP contribution is -1.91. The second-order valence-corrected chi connectivity index (χ2v) is 3.38. The van der Waals surface area contributed by atoms with E-state index in [2.05, 4.69) is 0 Å². The number of aliphatic carboxylic acids is 1. The van der Waals surface area contributed by atoms with Crippen molar-refractivity contribution in [1.29, 1.82) is 0 Å². The van der Waals surface area contributed by atoms with Crippen LogP contribution in [0.25, 0.3) is 17.0 Å². The summed E-state index contributed by atoms with van der Waals surface area (Å²) in [7, 11) is 0. The van der Waals surface area contributed by atoms with Crippen LogP contribution in [0, 0.1) is 0 Å². The second kappa shape index (κ2) is 4.13. The maximum Gasteiger partial charge on any atom is 0.371 e. The zero-order valence-electron chi connectivity index (χ0n) is 8.58. The minimum absolute atomic E-state index is 0.139. The summed E-state index contributed by atoms with van der Waals surface area (Å²) in [6, 6.07) is 6.31. The van der Waals surface area contributed by atoms with Crippen molar-refractivity contribution >= 4 is 29.0 Å². The van der Waals surface area contributed by atoms with Gasteiger partial charge in [-0.2, -0.15) is 0 Å². The molecule has 2 N–H and O–H groups in total. The van der Waals surface area contributed by atoms with Crippen molar-refractivity contribution in [2.45, 2.75) is 0 Å². The van der Waals surface area contributed by atoms with Crippen LogP contribution in [0.1, 0.15) is 16.1 Å². The Balaban J connectivity index is 2.43. The minimum Gasteiger partial charge on any atom is -0.478 e. The predicted octanol–water partition coefficient (Wildman–Crippen LogP) is 2.23. The molecule has 1 aromatic carbocycles. The number of hydrogen-bond acceptors (Lipinski definition) is 3. The highest BCUT2D eigenvalue weighted by atomic mass is 16.4. The number of carbonyl (C=O) groups is 2. The smallest absolute Gasteiger partial charge is 0.371 e. The molecule has 5 heteroatoms. The lowest BCUT2D eigenvalue weighted by Gasteiger charge is -1.92. The van der Waals surface area contributed by atoms with Gasteiger partial charge in [-0.3, -0.25) is 0 Å². The van der Waals surface area contributed by atoms with E-state index >= 15 is 0 Å². The average molecular weight is 232 g/mol. The molecule has 0 unspecified atom stereocenters. The van der Waals surface area contributed by atoms with E-state index < -0.39 is 11.9 Å². The molecule has 0 aliphatic rings. The first-order valence-corrected chi connectivity index (χ1v) is 4.74. The van der Waals surface area contributed by atoms with Gasteiger partial charge in [-0.1, -0.05) is 6.07 Å². The third-order valence-electron chi connectivity index (χ3n) is 2.17. The molecule has 0 saturated heterocycles. The Morgan fingerprint density at radius 3 is 2.59 bits per heavy atom. The standard InChI is InChI=1S/C12H8O5/c13-11(14)4-2-7-1-3-9-8(5-7)6-10(17-9)12(15)16/h1-6H,(H,13,14)(H,15,16). The van der Waals surface area contributed by atoms with Crippen LogP contribution in [0.15, 0.2) is 34.8 Å². The largest absolute Gasteiger partial charge is 0.478 e. The molecular weight excluding hydrogens is 224 g/mol. The van der Waals surface area contributed by atoms with Crippen molar-refractivity contribution in [2.75, 3.05) is 0 Å². The zero-order chi connectivity index (χ0) is 12.4. The van der Waals surface area contributed by atoms with Gasteiger partial charge in [0.2, 0.25) is 5.76 Å². The summed E-state index contributed by atoms with van der Waals surface area (Å²) in [5.74, 6) is -2.31. The molecule has 0 atom stereocenters. The van der Waals surface area contributed by atoms with E-state index in [9.17, 15) is 9.59 Å². The van der Waals surface area contributed by atoms with Gasteiger partial charge in [-0.05, 0) is 29.8 Å². The molecule has 0 bridgehead atoms. The number of aromatic carboxylic acids is 1. The Morgan fingerprint density at radius 2 is 1.94 bits per heavy atom. The number of rotatable bonds is 3. The maximum atomic E-state index is 10.7. The monoisotopic (exact) mass is 232 g/mol. The Bertz CT molecular complexity index is 621. The Hall–Kier alpha value is -2.56. The van der Waals surface area contributed by atoms with Crippen molar-refractivity contribution in [3.05, 3.63) is 41.7 Å². The van der Waals surface area contributed by atoms with E-state index in [0.717, 1.165) is 6.08 Å². The van der Waals surface area contributed by atoms with E-state index in [-0.39, 0.29) is 5.76 Å². The first kappa shape index (κ1) is 10.9. The number of carboxylic acids is 2. The number of benzene rings is 1. The van der Waals surface area contributed by atoms with Crippen molar-refractivity contribution in [3.63, 3.8) is 0 Å². The maximum absolute atomic E-state index is 10.7. The molecule has 1 aromatic heterocycles. The van der Waals surface area contributed by atoms with Crippen LogP contribution in [0.4, 0.5) is 0 Å². The molecular formula is C12H8O5. The van der Waals surface area contributed by atoms with Crippen LogP contribution in [0.5, 0.6) is 0 Å². The number of furan rings is 1. The molecule has 0 aliphatic heterocycles. The molecule has 0 saturated carbocycles. The van der Waals surface area contributed by atoms with Gasteiger partial charge in [0.1, 0.15) is 5.58 Å². The molecule has 2 aromatic rings. The van der Waals surface area contributed by atoms with Crippen molar-refractivity contribution in [2.24, 2.45) is 0 Å². The van der Waals surface area contributed by atoms with E-state index in [0.29, 0.717) is 16.5 Å². The topological polar surface area (TPSA) is 87.7 Å². The van der Waals surface area contributed by atoms with Gasteiger partial charge in [-0.25, -0.2) is 9.59 Å². The first-order chi connectivity index (χ1) is 8.06. The lowest BCUT2D eigenvalue weighted by atomic mass is 10.1. The Kier molecular flexibility index (Phi) is 2.66. The van der Waals surface area contributed by atoms with Gasteiger partial charge in [0, 0.05) is 11.5 Å². The van der Waals surface area contributed by atoms with Gasteiger partial charge in [0.15, 0.2) is 0 Å². The van der Waals surface area contributed by atoms with Crippen LogP contribution in [0.2, 0.25) is 0 Å². The van der Waals surface area contributed by atoms with Crippen LogP contribution in [0.3, 0.4) is 0 Å². The molecule has 17 heavy (non-hydrogen) atoms. The molecule has 0 fully saturated rings. The van der Waals surface area contributed by atoms with E-state index in [4.69, 9.17) is 14.6 Å². The molecule has 0 radical (unpaired) electrons. The van der Waals surface area contributed by atoms with Crippen molar-refractivity contribution in [3.8, 4) is 0 Å². The number of fused-ring (bicyclic) bond motifs is 1. The van der Waals surface area contributed by atoms with E-state index in [1.807, 2.05) is 0 Å². The quantitative estimate of drug-likeness (QED) is 0.792. The molecule has 0 amide bonds. The van der Waals surface area contributed by atoms with Gasteiger partial charge in [0.05, 0.1) is 0 Å². The predicted molar refractivity (Wildman–Crippen MR) is 59.8 cm³/mol. The summed E-state index contributed by atoms with van der Waals surface area (Å²) >= 11 is 0. The van der Waals surface area contributed by atoms with Gasteiger partial charge in [0.25, 0.3) is 0 Å². The Morgan fingerprint density at radius 1 is 1.18 bits per heavy atom. The van der Waals surface area contributed by atoms with Gasteiger partial charge in [-0.15, -0.1) is 0 Å². The van der Waals surface area contributed by atoms with Crippen molar-refractivity contribution in [1.82, 2.24) is 0 Å². The van der Waals surface area contributed by atoms with Crippen LogP contribution in [-0.2, 0) is 4.79 Å². The molecule has 0 spiro atoms. The lowest BCUT2D eigenvalue weighted by molar-refractivity contribution is -0.131. The summed E-state index contributed by atoms with van der Waals surface area (Å²) in [5.41, 5.74) is 1.12. The van der Waals surface area contributed by atoms with Gasteiger partial charge < -0.3 is 14.6 Å². The second-order valence-electron chi connectivity index (χ2n) is 3.38. The zero-order valence-corrected chi connectivity index (χ0v) is 8.58. The third kappa shape index (κ3) is 2.34. The van der Waals surface area contributed by atoms with E-state index in [1.54, 1.807) is 18.2 Å². The Labute approximate surface area is 95.6 Å². The number of hydrogen-bond donors (Lipinski definition) is 2. The minimum atomic E-state index is -1.14. The van der Waals surface area contributed by atoms with Crippen LogP contribution >= 0.6 is 0 Å². The molecule has 2 rings (SSSR count). The fourth-order valence-corrected chi connectivity index (χ4v) is 1.44. The molecule has 86 valence electrons. The van der Waals surface area contributed by atoms with Crippen LogP contribution < -0.4 is 0 Å².